The number of halogens is 1. The summed E-state index contributed by atoms with van der Waals surface area (Å²) in [4.78, 5) is 33.4. The highest BCUT2D eigenvalue weighted by atomic mass is 79.9. The van der Waals surface area contributed by atoms with Crippen molar-refractivity contribution in [3.63, 3.8) is 0 Å². The summed E-state index contributed by atoms with van der Waals surface area (Å²) >= 11 is 3.44. The first-order chi connectivity index (χ1) is 15.6. The highest BCUT2D eigenvalue weighted by molar-refractivity contribution is 9.10. The Morgan fingerprint density at radius 2 is 1.97 bits per heavy atom. The minimum absolute atomic E-state index is 0.0678. The van der Waals surface area contributed by atoms with E-state index in [1.54, 1.807) is 29.3 Å². The lowest BCUT2D eigenvalue weighted by Gasteiger charge is -2.40. The van der Waals surface area contributed by atoms with Crippen LogP contribution >= 0.6 is 15.9 Å². The predicted octanol–water partition coefficient (Wildman–Crippen LogP) is 4.94. The van der Waals surface area contributed by atoms with Gasteiger partial charge >= 0.3 is 6.09 Å². The summed E-state index contributed by atoms with van der Waals surface area (Å²) in [5.41, 5.74) is 0.582. The molecule has 1 aliphatic heterocycles. The van der Waals surface area contributed by atoms with E-state index >= 15 is 0 Å². The maximum Gasteiger partial charge on any atom is 0.410 e. The van der Waals surface area contributed by atoms with Crippen LogP contribution in [0.25, 0.3) is 0 Å². The monoisotopic (exact) mass is 518 g/mol. The zero-order valence-corrected chi connectivity index (χ0v) is 21.3. The number of nitrogens with zero attached hydrogens (tertiary/aromatic N) is 3. The Kier molecular flexibility index (Phi) is 7.84. The number of hydrogen-bond acceptors (Lipinski definition) is 6. The summed E-state index contributed by atoms with van der Waals surface area (Å²) in [6.45, 7) is 11.8. The Bertz CT molecular complexity index is 991. The van der Waals surface area contributed by atoms with Crippen molar-refractivity contribution in [2.24, 2.45) is 0 Å². The molecular formula is C24H31BrN4O4. The van der Waals surface area contributed by atoms with Gasteiger partial charge in [-0.2, -0.15) is 0 Å². The third-order valence-electron chi connectivity index (χ3n) is 5.07. The molecule has 178 valence electrons. The number of rotatable bonds is 5. The van der Waals surface area contributed by atoms with Crippen molar-refractivity contribution in [1.29, 1.82) is 0 Å². The fourth-order valence-corrected chi connectivity index (χ4v) is 3.89. The first kappa shape index (κ1) is 24.8. The number of pyridine rings is 1. The molecule has 8 nitrogen and oxygen atoms in total. The standard InChI is InChI=1S/C24H31BrN4O4/c1-6-32-20-13-18(8-9-19(20)25)27-22(30)17-7-10-21(26-14-17)29-12-11-28(15-16(29)2)23(31)33-24(3,4)5/h7-10,13-14,16H,6,11-12,15H2,1-5H3,(H,27,30)/t16-/m1/s1. The molecule has 1 fully saturated rings. The first-order valence-electron chi connectivity index (χ1n) is 11.0. The summed E-state index contributed by atoms with van der Waals surface area (Å²) in [6.07, 6.45) is 1.27. The molecule has 1 aromatic heterocycles. The summed E-state index contributed by atoms with van der Waals surface area (Å²) in [7, 11) is 0. The first-order valence-corrected chi connectivity index (χ1v) is 11.8. The minimum atomic E-state index is -0.518. The molecule has 3 rings (SSSR count). The van der Waals surface area contributed by atoms with E-state index < -0.39 is 5.60 Å². The molecule has 0 spiro atoms. The largest absolute Gasteiger partial charge is 0.493 e. The highest BCUT2D eigenvalue weighted by Gasteiger charge is 2.30. The number of aromatic nitrogens is 1. The minimum Gasteiger partial charge on any atom is -0.493 e. The van der Waals surface area contributed by atoms with Gasteiger partial charge in [-0.15, -0.1) is 0 Å². The molecule has 2 amide bonds. The van der Waals surface area contributed by atoms with Gasteiger partial charge in [0.25, 0.3) is 5.91 Å². The molecule has 0 aliphatic carbocycles. The van der Waals surface area contributed by atoms with Crippen molar-refractivity contribution in [3.05, 3.63) is 46.6 Å². The van der Waals surface area contributed by atoms with Crippen molar-refractivity contribution in [3.8, 4) is 5.75 Å². The van der Waals surface area contributed by atoms with E-state index in [-0.39, 0.29) is 18.0 Å². The number of nitrogens with one attached hydrogen (secondary N) is 1. The molecule has 2 heterocycles. The van der Waals surface area contributed by atoms with Gasteiger partial charge in [-0.05, 0) is 74.8 Å². The van der Waals surface area contributed by atoms with E-state index in [9.17, 15) is 9.59 Å². The Labute approximate surface area is 203 Å². The molecule has 0 radical (unpaired) electrons. The van der Waals surface area contributed by atoms with E-state index in [1.807, 2.05) is 46.8 Å². The smallest absolute Gasteiger partial charge is 0.410 e. The maximum absolute atomic E-state index is 12.7. The van der Waals surface area contributed by atoms with E-state index in [2.05, 4.69) is 31.1 Å². The van der Waals surface area contributed by atoms with Gasteiger partial charge in [-0.25, -0.2) is 9.78 Å². The van der Waals surface area contributed by atoms with Gasteiger partial charge in [-0.1, -0.05) is 0 Å². The molecule has 1 aromatic carbocycles. The second-order valence-electron chi connectivity index (χ2n) is 8.91. The molecule has 2 aromatic rings. The van der Waals surface area contributed by atoms with E-state index in [0.717, 1.165) is 10.3 Å². The Hall–Kier alpha value is -2.81. The van der Waals surface area contributed by atoms with Crippen molar-refractivity contribution in [2.75, 3.05) is 36.5 Å². The van der Waals surface area contributed by atoms with Crippen LogP contribution in [-0.2, 0) is 4.74 Å². The topological polar surface area (TPSA) is 84.0 Å². The van der Waals surface area contributed by atoms with Crippen LogP contribution in [0.1, 0.15) is 45.0 Å². The van der Waals surface area contributed by atoms with Crippen molar-refractivity contribution in [2.45, 2.75) is 46.3 Å². The lowest BCUT2D eigenvalue weighted by molar-refractivity contribution is 0.0218. The molecule has 33 heavy (non-hydrogen) atoms. The number of piperazine rings is 1. The number of anilines is 2. The number of ether oxygens (including phenoxy) is 2. The normalized spacial score (nSPS) is 16.4. The highest BCUT2D eigenvalue weighted by Crippen LogP contribution is 2.28. The average molecular weight is 519 g/mol. The molecule has 1 atom stereocenters. The Morgan fingerprint density at radius 3 is 2.58 bits per heavy atom. The quantitative estimate of drug-likeness (QED) is 0.603. The summed E-state index contributed by atoms with van der Waals surface area (Å²) in [5, 5.41) is 2.88. The van der Waals surface area contributed by atoms with E-state index in [4.69, 9.17) is 9.47 Å². The van der Waals surface area contributed by atoms with Crippen molar-refractivity contribution in [1.82, 2.24) is 9.88 Å². The van der Waals surface area contributed by atoms with Crippen LogP contribution in [0.2, 0.25) is 0 Å². The van der Waals surface area contributed by atoms with Gasteiger partial charge in [0.15, 0.2) is 0 Å². The van der Waals surface area contributed by atoms with Crippen LogP contribution in [0.5, 0.6) is 5.75 Å². The lowest BCUT2D eigenvalue weighted by atomic mass is 10.1. The van der Waals surface area contributed by atoms with Crippen LogP contribution < -0.4 is 15.0 Å². The second kappa shape index (κ2) is 10.4. The van der Waals surface area contributed by atoms with Crippen molar-refractivity contribution >= 4 is 39.4 Å². The lowest BCUT2D eigenvalue weighted by Crippen LogP contribution is -2.54. The fourth-order valence-electron chi connectivity index (χ4n) is 3.53. The van der Waals surface area contributed by atoms with Gasteiger partial charge in [0, 0.05) is 43.6 Å². The van der Waals surface area contributed by atoms with E-state index in [0.29, 0.717) is 43.2 Å². The number of amides is 2. The predicted molar refractivity (Wildman–Crippen MR) is 132 cm³/mol. The van der Waals surface area contributed by atoms with Gasteiger partial charge in [0.1, 0.15) is 17.2 Å². The SMILES string of the molecule is CCOc1cc(NC(=O)c2ccc(N3CCN(C(=O)OC(C)(C)C)C[C@H]3C)nc2)ccc1Br. The van der Waals surface area contributed by atoms with Crippen LogP contribution in [0.15, 0.2) is 41.0 Å². The molecule has 0 saturated carbocycles. The van der Waals surface area contributed by atoms with Crippen LogP contribution in [0.3, 0.4) is 0 Å². The Morgan fingerprint density at radius 1 is 1.21 bits per heavy atom. The zero-order valence-electron chi connectivity index (χ0n) is 19.7. The second-order valence-corrected chi connectivity index (χ2v) is 9.76. The molecule has 1 saturated heterocycles. The summed E-state index contributed by atoms with van der Waals surface area (Å²) in [5.74, 6) is 1.19. The molecule has 1 aliphatic rings. The van der Waals surface area contributed by atoms with E-state index in [1.165, 1.54) is 0 Å². The molecule has 1 N–H and O–H groups in total. The number of hydrogen-bond donors (Lipinski definition) is 1. The average Bonchev–Trinajstić information content (AvgIpc) is 2.75. The Balaban J connectivity index is 1.61. The third-order valence-corrected chi connectivity index (χ3v) is 5.73. The number of carbonyl (C=O) groups excluding carboxylic acids is 2. The molecule has 9 heteroatoms. The summed E-state index contributed by atoms with van der Waals surface area (Å²) in [6, 6.07) is 9.07. The van der Waals surface area contributed by atoms with Crippen LogP contribution in [0, 0.1) is 0 Å². The van der Waals surface area contributed by atoms with Gasteiger partial charge in [0.2, 0.25) is 0 Å². The van der Waals surface area contributed by atoms with Crippen LogP contribution in [0.4, 0.5) is 16.3 Å². The maximum atomic E-state index is 12.7. The third kappa shape index (κ3) is 6.60. The zero-order chi connectivity index (χ0) is 24.2. The van der Waals surface area contributed by atoms with Gasteiger partial charge < -0.3 is 24.6 Å². The number of benzene rings is 1. The molecular weight excluding hydrogens is 488 g/mol. The van der Waals surface area contributed by atoms with Gasteiger partial charge in [-0.3, -0.25) is 4.79 Å². The van der Waals surface area contributed by atoms with Gasteiger partial charge in [0.05, 0.1) is 16.6 Å². The molecule has 0 bridgehead atoms. The van der Waals surface area contributed by atoms with Crippen LogP contribution in [-0.4, -0.2) is 59.8 Å². The number of carbonyl (C=O) groups is 2. The van der Waals surface area contributed by atoms with Crippen molar-refractivity contribution < 1.29 is 19.1 Å². The summed E-state index contributed by atoms with van der Waals surface area (Å²) < 4.78 is 11.9. The fraction of sp³-hybridized carbons (Fsp3) is 0.458. The molecule has 0 unspecified atom stereocenters.